The van der Waals surface area contributed by atoms with Crippen LogP contribution in [0.1, 0.15) is 26.3 Å². The minimum absolute atomic E-state index is 0.0117. The first-order valence-corrected chi connectivity index (χ1v) is 11.9. The van der Waals surface area contributed by atoms with Gasteiger partial charge in [0.25, 0.3) is 11.8 Å². The summed E-state index contributed by atoms with van der Waals surface area (Å²) in [6.45, 7) is 2.65. The predicted molar refractivity (Wildman–Crippen MR) is 129 cm³/mol. The molecule has 4 aromatic rings. The zero-order chi connectivity index (χ0) is 22.6. The molecule has 33 heavy (non-hydrogen) atoms. The molecule has 0 spiro atoms. The summed E-state index contributed by atoms with van der Waals surface area (Å²) >= 11 is 1.58. The molecule has 0 atom stereocenters. The largest absolute Gasteiger partial charge is 0.335 e. The van der Waals surface area contributed by atoms with E-state index in [1.807, 2.05) is 86.7 Å². The minimum Gasteiger partial charge on any atom is -0.335 e. The van der Waals surface area contributed by atoms with Crippen LogP contribution in [-0.4, -0.2) is 57.6 Å². The van der Waals surface area contributed by atoms with Crippen molar-refractivity contribution in [3.63, 3.8) is 0 Å². The highest BCUT2D eigenvalue weighted by Gasteiger charge is 2.28. The SMILES string of the molecule is O=C(c1ccccc1)N1CCN(C(=O)c2cn(Cc3ccccc3)nc2-c2cccs2)CC1. The molecule has 1 aliphatic heterocycles. The number of amides is 2. The van der Waals surface area contributed by atoms with Gasteiger partial charge in [-0.2, -0.15) is 5.10 Å². The van der Waals surface area contributed by atoms with E-state index in [-0.39, 0.29) is 11.8 Å². The minimum atomic E-state index is -0.0375. The second-order valence-corrected chi connectivity index (χ2v) is 8.95. The molecule has 166 valence electrons. The Morgan fingerprint density at radius 1 is 0.788 bits per heavy atom. The van der Waals surface area contributed by atoms with E-state index in [0.717, 1.165) is 10.4 Å². The van der Waals surface area contributed by atoms with Crippen LogP contribution < -0.4 is 0 Å². The Morgan fingerprint density at radius 2 is 1.42 bits per heavy atom. The number of piperazine rings is 1. The Hall–Kier alpha value is -3.71. The van der Waals surface area contributed by atoms with E-state index < -0.39 is 0 Å². The highest BCUT2D eigenvalue weighted by atomic mass is 32.1. The molecule has 1 fully saturated rings. The van der Waals surface area contributed by atoms with Crippen LogP contribution in [0.3, 0.4) is 0 Å². The Bertz CT molecular complexity index is 1230. The lowest BCUT2D eigenvalue weighted by Crippen LogP contribution is -2.50. The molecular weight excluding hydrogens is 432 g/mol. The molecule has 0 N–H and O–H groups in total. The van der Waals surface area contributed by atoms with Gasteiger partial charge in [0.05, 0.1) is 17.0 Å². The average Bonchev–Trinajstić information content (AvgIpc) is 3.55. The lowest BCUT2D eigenvalue weighted by Gasteiger charge is -2.34. The van der Waals surface area contributed by atoms with Crippen LogP contribution in [0.5, 0.6) is 0 Å². The summed E-state index contributed by atoms with van der Waals surface area (Å²) in [5.74, 6) is -0.0258. The monoisotopic (exact) mass is 456 g/mol. The van der Waals surface area contributed by atoms with Crippen LogP contribution in [-0.2, 0) is 6.54 Å². The van der Waals surface area contributed by atoms with Crippen LogP contribution in [0.2, 0.25) is 0 Å². The zero-order valence-electron chi connectivity index (χ0n) is 18.1. The highest BCUT2D eigenvalue weighted by Crippen LogP contribution is 2.28. The summed E-state index contributed by atoms with van der Waals surface area (Å²) in [4.78, 5) is 30.9. The van der Waals surface area contributed by atoms with Gasteiger partial charge < -0.3 is 9.80 Å². The van der Waals surface area contributed by atoms with Crippen molar-refractivity contribution in [3.05, 3.63) is 101 Å². The lowest BCUT2D eigenvalue weighted by atomic mass is 10.1. The van der Waals surface area contributed by atoms with Crippen LogP contribution in [0.4, 0.5) is 0 Å². The second-order valence-electron chi connectivity index (χ2n) is 8.00. The zero-order valence-corrected chi connectivity index (χ0v) is 18.9. The second kappa shape index (κ2) is 9.42. The van der Waals surface area contributed by atoms with Gasteiger partial charge in [0.2, 0.25) is 0 Å². The first-order valence-electron chi connectivity index (χ1n) is 11.0. The molecule has 1 aliphatic rings. The van der Waals surface area contributed by atoms with Crippen LogP contribution in [0.15, 0.2) is 84.4 Å². The molecule has 2 aromatic carbocycles. The molecular formula is C26H24N4O2S. The van der Waals surface area contributed by atoms with Crippen molar-refractivity contribution in [2.45, 2.75) is 6.54 Å². The average molecular weight is 457 g/mol. The normalized spacial score (nSPS) is 13.8. The molecule has 7 heteroatoms. The summed E-state index contributed by atoms with van der Waals surface area (Å²) in [5, 5.41) is 6.76. The van der Waals surface area contributed by atoms with Gasteiger partial charge in [0.1, 0.15) is 5.69 Å². The number of hydrogen-bond donors (Lipinski definition) is 0. The molecule has 0 bridgehead atoms. The van der Waals surface area contributed by atoms with E-state index in [1.54, 1.807) is 11.3 Å². The highest BCUT2D eigenvalue weighted by molar-refractivity contribution is 7.13. The number of thiophene rings is 1. The third-order valence-electron chi connectivity index (χ3n) is 5.81. The van der Waals surface area contributed by atoms with Gasteiger partial charge in [0.15, 0.2) is 0 Å². The van der Waals surface area contributed by atoms with E-state index in [4.69, 9.17) is 5.10 Å². The van der Waals surface area contributed by atoms with Crippen molar-refractivity contribution in [3.8, 4) is 10.6 Å². The summed E-state index contributed by atoms with van der Waals surface area (Å²) in [5.41, 5.74) is 3.13. The van der Waals surface area contributed by atoms with E-state index in [2.05, 4.69) is 12.1 Å². The smallest absolute Gasteiger partial charge is 0.257 e. The van der Waals surface area contributed by atoms with Crippen molar-refractivity contribution < 1.29 is 9.59 Å². The Kier molecular flexibility index (Phi) is 6.04. The molecule has 0 aliphatic carbocycles. The summed E-state index contributed by atoms with van der Waals surface area (Å²) in [7, 11) is 0. The molecule has 6 nitrogen and oxygen atoms in total. The van der Waals surface area contributed by atoms with Crippen molar-refractivity contribution in [2.75, 3.05) is 26.2 Å². The molecule has 0 radical (unpaired) electrons. The molecule has 3 heterocycles. The van der Waals surface area contributed by atoms with Gasteiger partial charge in [-0.05, 0) is 29.1 Å². The molecule has 2 aromatic heterocycles. The maximum absolute atomic E-state index is 13.5. The number of aromatic nitrogens is 2. The molecule has 1 saturated heterocycles. The summed E-state index contributed by atoms with van der Waals surface area (Å²) in [6.07, 6.45) is 1.85. The topological polar surface area (TPSA) is 58.4 Å². The quantitative estimate of drug-likeness (QED) is 0.451. The van der Waals surface area contributed by atoms with E-state index in [0.29, 0.717) is 49.5 Å². The Morgan fingerprint density at radius 3 is 2.06 bits per heavy atom. The van der Waals surface area contributed by atoms with Crippen LogP contribution >= 0.6 is 11.3 Å². The van der Waals surface area contributed by atoms with Crippen molar-refractivity contribution in [2.24, 2.45) is 0 Å². The van der Waals surface area contributed by atoms with Crippen LogP contribution in [0.25, 0.3) is 10.6 Å². The van der Waals surface area contributed by atoms with E-state index in [9.17, 15) is 9.59 Å². The Labute approximate surface area is 196 Å². The van der Waals surface area contributed by atoms with Gasteiger partial charge >= 0.3 is 0 Å². The Balaban J connectivity index is 1.33. The summed E-state index contributed by atoms with van der Waals surface area (Å²) < 4.78 is 1.84. The molecule has 5 rings (SSSR count). The fourth-order valence-corrected chi connectivity index (χ4v) is 4.79. The van der Waals surface area contributed by atoms with Crippen molar-refractivity contribution >= 4 is 23.2 Å². The van der Waals surface area contributed by atoms with Gasteiger partial charge in [0, 0.05) is 37.9 Å². The van der Waals surface area contributed by atoms with E-state index in [1.165, 1.54) is 0 Å². The number of carbonyl (C=O) groups excluding carboxylic acids is 2. The van der Waals surface area contributed by atoms with Gasteiger partial charge in [-0.1, -0.05) is 54.6 Å². The third-order valence-corrected chi connectivity index (χ3v) is 6.69. The van der Waals surface area contributed by atoms with Crippen molar-refractivity contribution in [1.82, 2.24) is 19.6 Å². The van der Waals surface area contributed by atoms with Gasteiger partial charge in [-0.3, -0.25) is 14.3 Å². The number of hydrogen-bond acceptors (Lipinski definition) is 4. The standard InChI is InChI=1S/C26H24N4O2S/c31-25(21-10-5-2-6-11-21)28-13-15-29(16-14-28)26(32)22-19-30(18-20-8-3-1-4-9-20)27-24(22)23-12-7-17-33-23/h1-12,17,19H,13-16,18H2. The first kappa shape index (κ1) is 21.2. The number of nitrogens with zero attached hydrogens (tertiary/aromatic N) is 4. The van der Waals surface area contributed by atoms with Gasteiger partial charge in [-0.25, -0.2) is 0 Å². The fraction of sp³-hybridized carbons (Fsp3) is 0.192. The molecule has 2 amide bonds. The number of carbonyl (C=O) groups is 2. The predicted octanol–water partition coefficient (Wildman–Crippen LogP) is 4.26. The first-order chi connectivity index (χ1) is 16.2. The lowest BCUT2D eigenvalue weighted by molar-refractivity contribution is 0.0536. The maximum atomic E-state index is 13.5. The number of benzene rings is 2. The van der Waals surface area contributed by atoms with E-state index >= 15 is 0 Å². The van der Waals surface area contributed by atoms with Gasteiger partial charge in [-0.15, -0.1) is 11.3 Å². The maximum Gasteiger partial charge on any atom is 0.257 e. The third kappa shape index (κ3) is 4.59. The number of rotatable bonds is 5. The molecule has 0 unspecified atom stereocenters. The van der Waals surface area contributed by atoms with Crippen LogP contribution in [0, 0.1) is 0 Å². The van der Waals surface area contributed by atoms with Crippen molar-refractivity contribution in [1.29, 1.82) is 0 Å². The fourth-order valence-electron chi connectivity index (χ4n) is 4.07. The molecule has 0 saturated carbocycles. The summed E-state index contributed by atoms with van der Waals surface area (Å²) in [6, 6.07) is 23.3.